The molecule has 0 bridgehead atoms. The predicted molar refractivity (Wildman–Crippen MR) is 82.5 cm³/mol. The van der Waals surface area contributed by atoms with E-state index in [2.05, 4.69) is 20.4 Å². The largest absolute Gasteiger partial charge is 0.369 e. The van der Waals surface area contributed by atoms with Crippen LogP contribution in [-0.4, -0.2) is 43.9 Å². The third kappa shape index (κ3) is 20.6. The van der Waals surface area contributed by atoms with Gasteiger partial charge in [-0.3, -0.25) is 0 Å². The second kappa shape index (κ2) is 13.0. The molecule has 1 aliphatic rings. The molecule has 0 aromatic carbocycles. The molecule has 10 N–H and O–H groups in total. The molecule has 0 unspecified atom stereocenters. The molecule has 1 saturated carbocycles. The maximum atomic E-state index is 8.36. The first-order valence-corrected chi connectivity index (χ1v) is 5.99. The van der Waals surface area contributed by atoms with Gasteiger partial charge in [0.15, 0.2) is 0 Å². The fraction of sp³-hybridized carbons (Fsp3) is 0.500. The summed E-state index contributed by atoms with van der Waals surface area (Å²) >= 11 is 0. The number of guanidine groups is 2. The van der Waals surface area contributed by atoms with Crippen LogP contribution in [0.15, 0.2) is 20.4 Å². The second-order valence-electron chi connectivity index (χ2n) is 3.86. The summed E-state index contributed by atoms with van der Waals surface area (Å²) in [4.78, 5) is 16.7. The molecule has 0 atom stereocenters. The molecule has 0 aromatic rings. The quantitative estimate of drug-likeness (QED) is 0.139. The standard InChI is InChI=1S/C8H16N8.2HNO3/c9-7(10)15-13-5-1-2-6(4-3-5)14-16-8(11)12;2*2-1(3)4/h1-4H2,(H4,9,10,15)(H4,11,12,16);2*(H,2,3,4). The molecule has 0 aliphatic heterocycles. The van der Waals surface area contributed by atoms with Crippen molar-refractivity contribution in [2.75, 3.05) is 0 Å². The summed E-state index contributed by atoms with van der Waals surface area (Å²) in [5.74, 6) is -0.0695. The molecule has 0 aromatic heterocycles. The van der Waals surface area contributed by atoms with Crippen LogP contribution in [-0.2, 0) is 0 Å². The summed E-state index contributed by atoms with van der Waals surface area (Å²) in [5.41, 5.74) is 22.6. The lowest BCUT2D eigenvalue weighted by molar-refractivity contribution is -0.742. The van der Waals surface area contributed by atoms with E-state index in [4.69, 9.17) is 53.6 Å². The first kappa shape index (κ1) is 22.6. The van der Waals surface area contributed by atoms with Crippen LogP contribution in [0.25, 0.3) is 0 Å². The summed E-state index contributed by atoms with van der Waals surface area (Å²) in [6.07, 6.45) is 3.09. The van der Waals surface area contributed by atoms with Gasteiger partial charge >= 0.3 is 0 Å². The van der Waals surface area contributed by atoms with E-state index >= 15 is 0 Å². The van der Waals surface area contributed by atoms with Gasteiger partial charge in [-0.2, -0.15) is 10.2 Å². The molecule has 1 aliphatic carbocycles. The van der Waals surface area contributed by atoms with Gasteiger partial charge in [-0.1, -0.05) is 0 Å². The van der Waals surface area contributed by atoms with Gasteiger partial charge in [0.05, 0.1) is 0 Å². The Labute approximate surface area is 134 Å². The highest BCUT2D eigenvalue weighted by Gasteiger charge is 2.12. The van der Waals surface area contributed by atoms with E-state index in [0.29, 0.717) is 0 Å². The van der Waals surface area contributed by atoms with Gasteiger partial charge in [-0.15, -0.1) is 30.4 Å². The lowest BCUT2D eigenvalue weighted by Gasteiger charge is -2.12. The first-order chi connectivity index (χ1) is 11.0. The summed E-state index contributed by atoms with van der Waals surface area (Å²) in [6.45, 7) is 0. The molecule has 0 saturated heterocycles. The van der Waals surface area contributed by atoms with Crippen molar-refractivity contribution in [3.8, 4) is 0 Å². The zero-order valence-electron chi connectivity index (χ0n) is 12.3. The molecule has 1 rings (SSSR count). The molecule has 0 amide bonds. The molecular formula is C8H18N10O6. The predicted octanol–water partition coefficient (Wildman–Crippen LogP) is -1.88. The van der Waals surface area contributed by atoms with Crippen LogP contribution in [0.1, 0.15) is 25.7 Å². The van der Waals surface area contributed by atoms with Crippen LogP contribution in [0, 0.1) is 20.2 Å². The molecule has 0 spiro atoms. The van der Waals surface area contributed by atoms with Gasteiger partial charge < -0.3 is 33.3 Å². The third-order valence-corrected chi connectivity index (χ3v) is 2.02. The minimum Gasteiger partial charge on any atom is -0.369 e. The number of nitrogens with zero attached hydrogens (tertiary/aromatic N) is 6. The summed E-state index contributed by atoms with van der Waals surface area (Å²) < 4.78 is 0. The third-order valence-electron chi connectivity index (χ3n) is 2.02. The smallest absolute Gasteiger partial charge is 0.291 e. The summed E-state index contributed by atoms with van der Waals surface area (Å²) in [6, 6.07) is 0. The van der Waals surface area contributed by atoms with Gasteiger partial charge in [-0.25, -0.2) is 0 Å². The van der Waals surface area contributed by atoms with Crippen molar-refractivity contribution in [2.24, 2.45) is 43.3 Å². The van der Waals surface area contributed by atoms with Crippen molar-refractivity contribution in [3.05, 3.63) is 20.2 Å². The van der Waals surface area contributed by atoms with Crippen LogP contribution in [0.4, 0.5) is 0 Å². The maximum absolute atomic E-state index is 8.36. The highest BCUT2D eigenvalue weighted by molar-refractivity contribution is 5.98. The van der Waals surface area contributed by atoms with E-state index in [-0.39, 0.29) is 11.9 Å². The minimum absolute atomic E-state index is 0.0348. The zero-order chi connectivity index (χ0) is 19.1. The second-order valence-corrected chi connectivity index (χ2v) is 3.86. The first-order valence-electron chi connectivity index (χ1n) is 5.99. The lowest BCUT2D eigenvalue weighted by atomic mass is 9.97. The van der Waals surface area contributed by atoms with Gasteiger partial charge in [0, 0.05) is 11.4 Å². The summed E-state index contributed by atoms with van der Waals surface area (Å²) in [7, 11) is 0. The monoisotopic (exact) mass is 350 g/mol. The van der Waals surface area contributed by atoms with Crippen LogP contribution in [0.3, 0.4) is 0 Å². The molecule has 136 valence electrons. The SMILES string of the molecule is NC(N)=NN=C1CCC(=NN=C(N)N)CC1.O=[N+]([O-])O.O=[N+]([O-])O. The van der Waals surface area contributed by atoms with Crippen LogP contribution >= 0.6 is 0 Å². The Morgan fingerprint density at radius 2 is 1.00 bits per heavy atom. The molecule has 1 fully saturated rings. The van der Waals surface area contributed by atoms with Crippen LogP contribution in [0.5, 0.6) is 0 Å². The van der Waals surface area contributed by atoms with Crippen molar-refractivity contribution in [3.63, 3.8) is 0 Å². The fourth-order valence-electron chi connectivity index (χ4n) is 1.28. The Morgan fingerprint density at radius 3 is 1.17 bits per heavy atom. The average molecular weight is 350 g/mol. The van der Waals surface area contributed by atoms with Crippen molar-refractivity contribution < 1.29 is 20.6 Å². The molecular weight excluding hydrogens is 332 g/mol. The van der Waals surface area contributed by atoms with E-state index in [9.17, 15) is 0 Å². The van der Waals surface area contributed by atoms with Crippen molar-refractivity contribution in [1.29, 1.82) is 0 Å². The van der Waals surface area contributed by atoms with Gasteiger partial charge in [0.25, 0.3) is 10.2 Å². The highest BCUT2D eigenvalue weighted by Crippen LogP contribution is 2.13. The minimum atomic E-state index is -1.50. The van der Waals surface area contributed by atoms with Crippen molar-refractivity contribution >= 4 is 23.3 Å². The number of nitrogens with two attached hydrogens (primary N) is 4. The van der Waals surface area contributed by atoms with Crippen LogP contribution in [0.2, 0.25) is 0 Å². The molecule has 24 heavy (non-hydrogen) atoms. The number of hydrogen-bond acceptors (Lipinski definition) is 8. The van der Waals surface area contributed by atoms with Gasteiger partial charge in [-0.05, 0) is 25.7 Å². The Hall–Kier alpha value is -3.72. The topological polar surface area (TPSA) is 280 Å². The average Bonchev–Trinajstić information content (AvgIpc) is 2.42. The normalized spacial score (nSPS) is 12.2. The fourth-order valence-corrected chi connectivity index (χ4v) is 1.28. The van der Waals surface area contributed by atoms with E-state index in [1.54, 1.807) is 0 Å². The van der Waals surface area contributed by atoms with Crippen molar-refractivity contribution in [2.45, 2.75) is 25.7 Å². The Balaban J connectivity index is 0. The highest BCUT2D eigenvalue weighted by atomic mass is 16.9. The number of hydrogen-bond donors (Lipinski definition) is 6. The van der Waals surface area contributed by atoms with Gasteiger partial charge in [0.1, 0.15) is 0 Å². The molecule has 0 heterocycles. The van der Waals surface area contributed by atoms with Crippen molar-refractivity contribution in [1.82, 2.24) is 0 Å². The maximum Gasteiger partial charge on any atom is 0.291 e. The Morgan fingerprint density at radius 1 is 0.792 bits per heavy atom. The molecule has 16 heteroatoms. The van der Waals surface area contributed by atoms with Crippen LogP contribution < -0.4 is 22.9 Å². The zero-order valence-corrected chi connectivity index (χ0v) is 12.3. The summed E-state index contributed by atoms with van der Waals surface area (Å²) in [5, 5.41) is 42.3. The Kier molecular flexibility index (Phi) is 12.2. The molecule has 16 nitrogen and oxygen atoms in total. The molecule has 0 radical (unpaired) electrons. The Bertz CT molecular complexity index is 465. The number of rotatable bonds is 2. The lowest BCUT2D eigenvalue weighted by Crippen LogP contribution is -2.23. The van der Waals surface area contributed by atoms with E-state index in [1.807, 2.05) is 0 Å². The van der Waals surface area contributed by atoms with E-state index in [0.717, 1.165) is 37.1 Å². The van der Waals surface area contributed by atoms with Gasteiger partial charge in [0.2, 0.25) is 11.9 Å². The van der Waals surface area contributed by atoms with E-state index in [1.165, 1.54) is 0 Å². The van der Waals surface area contributed by atoms with E-state index < -0.39 is 10.2 Å².